The minimum absolute atomic E-state index is 0.00978. The van der Waals surface area contributed by atoms with Crippen molar-refractivity contribution in [2.75, 3.05) is 5.32 Å². The fourth-order valence-electron chi connectivity index (χ4n) is 1.58. The molecule has 0 aliphatic heterocycles. The quantitative estimate of drug-likeness (QED) is 0.919. The molecule has 0 aliphatic carbocycles. The average molecular weight is 261 g/mol. The van der Waals surface area contributed by atoms with Gasteiger partial charge in [-0.15, -0.1) is 10.2 Å². The first kappa shape index (κ1) is 12.7. The SMILES string of the molecule is CCCC(=O)Nc1nnc(-c2cccc(C)c2)s1. The zero-order valence-corrected chi connectivity index (χ0v) is 11.3. The predicted molar refractivity (Wildman–Crippen MR) is 73.6 cm³/mol. The lowest BCUT2D eigenvalue weighted by atomic mass is 10.1. The Morgan fingerprint density at radius 1 is 1.39 bits per heavy atom. The summed E-state index contributed by atoms with van der Waals surface area (Å²) < 4.78 is 0. The Bertz CT molecular complexity index is 551. The highest BCUT2D eigenvalue weighted by Crippen LogP contribution is 2.26. The van der Waals surface area contributed by atoms with Gasteiger partial charge >= 0.3 is 0 Å². The normalized spacial score (nSPS) is 10.3. The van der Waals surface area contributed by atoms with Crippen molar-refractivity contribution < 1.29 is 4.79 Å². The average Bonchev–Trinajstić information content (AvgIpc) is 2.78. The largest absolute Gasteiger partial charge is 0.301 e. The van der Waals surface area contributed by atoms with Crippen LogP contribution in [0.1, 0.15) is 25.3 Å². The molecule has 1 heterocycles. The van der Waals surface area contributed by atoms with Crippen molar-refractivity contribution in [3.05, 3.63) is 29.8 Å². The summed E-state index contributed by atoms with van der Waals surface area (Å²) in [5.74, 6) is -0.00978. The molecule has 2 rings (SSSR count). The summed E-state index contributed by atoms with van der Waals surface area (Å²) >= 11 is 1.39. The van der Waals surface area contributed by atoms with Gasteiger partial charge in [-0.3, -0.25) is 4.79 Å². The predicted octanol–water partition coefficient (Wildman–Crippen LogP) is 3.25. The van der Waals surface area contributed by atoms with Gasteiger partial charge in [-0.25, -0.2) is 0 Å². The first-order valence-electron chi connectivity index (χ1n) is 5.89. The molecule has 0 unspecified atom stereocenters. The van der Waals surface area contributed by atoms with E-state index in [4.69, 9.17) is 0 Å². The molecule has 0 atom stereocenters. The third-order valence-corrected chi connectivity index (χ3v) is 3.30. The van der Waals surface area contributed by atoms with Gasteiger partial charge in [0, 0.05) is 12.0 Å². The van der Waals surface area contributed by atoms with Crippen LogP contribution in [0.2, 0.25) is 0 Å². The van der Waals surface area contributed by atoms with Crippen molar-refractivity contribution in [2.24, 2.45) is 0 Å². The van der Waals surface area contributed by atoms with E-state index >= 15 is 0 Å². The van der Waals surface area contributed by atoms with Crippen molar-refractivity contribution >= 4 is 22.4 Å². The number of carbonyl (C=O) groups excluding carboxylic acids is 1. The highest BCUT2D eigenvalue weighted by atomic mass is 32.1. The van der Waals surface area contributed by atoms with Gasteiger partial charge in [0.25, 0.3) is 0 Å². The molecule has 5 heteroatoms. The summed E-state index contributed by atoms with van der Waals surface area (Å²) in [7, 11) is 0. The van der Waals surface area contributed by atoms with Gasteiger partial charge in [0.2, 0.25) is 11.0 Å². The third kappa shape index (κ3) is 3.13. The van der Waals surface area contributed by atoms with Crippen LogP contribution in [0.25, 0.3) is 10.6 Å². The summed E-state index contributed by atoms with van der Waals surface area (Å²) in [5.41, 5.74) is 2.21. The van der Waals surface area contributed by atoms with E-state index < -0.39 is 0 Å². The fraction of sp³-hybridized carbons (Fsp3) is 0.308. The zero-order valence-electron chi connectivity index (χ0n) is 10.4. The molecule has 0 bridgehead atoms. The Balaban J connectivity index is 2.13. The number of aromatic nitrogens is 2. The van der Waals surface area contributed by atoms with E-state index in [1.807, 2.05) is 32.0 Å². The summed E-state index contributed by atoms with van der Waals surface area (Å²) in [6.45, 7) is 4.01. The van der Waals surface area contributed by atoms with Crippen LogP contribution in [0.3, 0.4) is 0 Å². The molecule has 1 aromatic carbocycles. The lowest BCUT2D eigenvalue weighted by molar-refractivity contribution is -0.116. The van der Waals surface area contributed by atoms with Crippen molar-refractivity contribution in [2.45, 2.75) is 26.7 Å². The van der Waals surface area contributed by atoms with Gasteiger partial charge in [-0.2, -0.15) is 0 Å². The highest BCUT2D eigenvalue weighted by Gasteiger charge is 2.08. The van der Waals surface area contributed by atoms with Crippen LogP contribution in [0.4, 0.5) is 5.13 Å². The third-order valence-electron chi connectivity index (χ3n) is 2.41. The van der Waals surface area contributed by atoms with Gasteiger partial charge in [-0.1, -0.05) is 42.0 Å². The number of hydrogen-bond acceptors (Lipinski definition) is 4. The Hall–Kier alpha value is -1.75. The van der Waals surface area contributed by atoms with Gasteiger partial charge in [0.05, 0.1) is 0 Å². The molecule has 0 saturated heterocycles. The molecule has 0 radical (unpaired) electrons. The van der Waals surface area contributed by atoms with E-state index in [1.54, 1.807) is 0 Å². The van der Waals surface area contributed by atoms with Crippen LogP contribution in [-0.4, -0.2) is 16.1 Å². The second kappa shape index (κ2) is 5.73. The van der Waals surface area contributed by atoms with E-state index in [1.165, 1.54) is 16.9 Å². The van der Waals surface area contributed by atoms with Crippen LogP contribution in [0, 0.1) is 6.92 Å². The number of carbonyl (C=O) groups is 1. The van der Waals surface area contributed by atoms with E-state index in [-0.39, 0.29) is 5.91 Å². The monoisotopic (exact) mass is 261 g/mol. The molecule has 0 saturated carbocycles. The Morgan fingerprint density at radius 2 is 2.22 bits per heavy atom. The van der Waals surface area contributed by atoms with Crippen LogP contribution in [0.15, 0.2) is 24.3 Å². The van der Waals surface area contributed by atoms with E-state index in [0.717, 1.165) is 17.0 Å². The molecule has 0 spiro atoms. The van der Waals surface area contributed by atoms with Crippen LogP contribution in [0.5, 0.6) is 0 Å². The molecule has 94 valence electrons. The van der Waals surface area contributed by atoms with Gasteiger partial charge in [-0.05, 0) is 19.4 Å². The number of benzene rings is 1. The van der Waals surface area contributed by atoms with Crippen molar-refractivity contribution in [1.29, 1.82) is 0 Å². The number of anilines is 1. The van der Waals surface area contributed by atoms with Crippen LogP contribution >= 0.6 is 11.3 Å². The number of nitrogens with zero attached hydrogens (tertiary/aromatic N) is 2. The summed E-state index contributed by atoms with van der Waals surface area (Å²) in [6, 6.07) is 8.07. The number of nitrogens with one attached hydrogen (secondary N) is 1. The van der Waals surface area contributed by atoms with Crippen LogP contribution < -0.4 is 5.32 Å². The Kier molecular flexibility index (Phi) is 4.04. The summed E-state index contributed by atoms with van der Waals surface area (Å²) in [4.78, 5) is 11.4. The minimum Gasteiger partial charge on any atom is -0.301 e. The van der Waals surface area contributed by atoms with Crippen molar-refractivity contribution in [3.63, 3.8) is 0 Å². The topological polar surface area (TPSA) is 54.9 Å². The molecule has 4 nitrogen and oxygen atoms in total. The fourth-order valence-corrected chi connectivity index (χ4v) is 2.33. The number of aryl methyl sites for hydroxylation is 1. The lowest BCUT2D eigenvalue weighted by Gasteiger charge is -1.97. The minimum atomic E-state index is -0.00978. The van der Waals surface area contributed by atoms with E-state index in [2.05, 4.69) is 21.6 Å². The Labute approximate surface area is 110 Å². The first-order chi connectivity index (χ1) is 8.69. The van der Waals surface area contributed by atoms with Gasteiger partial charge < -0.3 is 5.32 Å². The zero-order chi connectivity index (χ0) is 13.0. The smallest absolute Gasteiger partial charge is 0.226 e. The maximum absolute atomic E-state index is 11.4. The molecule has 0 aliphatic rings. The maximum atomic E-state index is 11.4. The molecular weight excluding hydrogens is 246 g/mol. The Morgan fingerprint density at radius 3 is 2.94 bits per heavy atom. The van der Waals surface area contributed by atoms with Crippen molar-refractivity contribution in [1.82, 2.24) is 10.2 Å². The summed E-state index contributed by atoms with van der Waals surface area (Å²) in [6.07, 6.45) is 1.34. The number of amides is 1. The molecular formula is C13H15N3OS. The van der Waals surface area contributed by atoms with Gasteiger partial charge in [0.15, 0.2) is 0 Å². The molecule has 18 heavy (non-hydrogen) atoms. The highest BCUT2D eigenvalue weighted by molar-refractivity contribution is 7.18. The number of rotatable bonds is 4. The molecule has 2 aromatic rings. The van der Waals surface area contributed by atoms with E-state index in [0.29, 0.717) is 11.6 Å². The second-order valence-electron chi connectivity index (χ2n) is 4.08. The number of hydrogen-bond donors (Lipinski definition) is 1. The lowest BCUT2D eigenvalue weighted by Crippen LogP contribution is -2.10. The van der Waals surface area contributed by atoms with Gasteiger partial charge in [0.1, 0.15) is 5.01 Å². The van der Waals surface area contributed by atoms with Crippen LogP contribution in [-0.2, 0) is 4.79 Å². The molecule has 0 fully saturated rings. The molecule has 1 amide bonds. The first-order valence-corrected chi connectivity index (χ1v) is 6.71. The maximum Gasteiger partial charge on any atom is 0.226 e. The molecule has 1 aromatic heterocycles. The van der Waals surface area contributed by atoms with E-state index in [9.17, 15) is 4.79 Å². The molecule has 1 N–H and O–H groups in total. The summed E-state index contributed by atoms with van der Waals surface area (Å²) in [5, 5.41) is 12.2. The standard InChI is InChI=1S/C13H15N3OS/c1-3-5-11(17)14-13-16-15-12(18-13)10-7-4-6-9(2)8-10/h4,6-8H,3,5H2,1-2H3,(H,14,16,17). The second-order valence-corrected chi connectivity index (χ2v) is 5.06. The van der Waals surface area contributed by atoms with Crippen molar-refractivity contribution in [3.8, 4) is 10.6 Å².